The van der Waals surface area contributed by atoms with Gasteiger partial charge in [-0.25, -0.2) is 0 Å². The maximum Gasteiger partial charge on any atom is 0.0641 e. The van der Waals surface area contributed by atoms with E-state index in [2.05, 4.69) is 37.0 Å². The average Bonchev–Trinajstić information content (AvgIpc) is 2.63. The van der Waals surface area contributed by atoms with Crippen molar-refractivity contribution in [3.63, 3.8) is 0 Å². The number of hydrogen-bond acceptors (Lipinski definition) is 3. The molecular weight excluding hydrogens is 212 g/mol. The number of unbranched alkanes of at least 4 members (excludes halogenated alkanes) is 1. The Labute approximate surface area is 105 Å². The second kappa shape index (κ2) is 6.77. The average molecular weight is 238 g/mol. The van der Waals surface area contributed by atoms with Crippen LogP contribution in [-0.2, 0) is 7.05 Å². The van der Waals surface area contributed by atoms with Crippen LogP contribution in [0.5, 0.6) is 0 Å². The molecule has 0 aliphatic rings. The molecule has 1 atom stereocenters. The van der Waals surface area contributed by atoms with Crippen molar-refractivity contribution in [2.75, 3.05) is 19.6 Å². The Kier molecular flexibility index (Phi) is 5.65. The summed E-state index contributed by atoms with van der Waals surface area (Å²) in [5.74, 6) is 0. The van der Waals surface area contributed by atoms with Gasteiger partial charge in [0, 0.05) is 25.4 Å². The summed E-state index contributed by atoms with van der Waals surface area (Å²) in [6.07, 6.45) is 4.55. The van der Waals surface area contributed by atoms with Gasteiger partial charge in [0.2, 0.25) is 0 Å². The molecule has 1 heterocycles. The Morgan fingerprint density at radius 2 is 2.18 bits per heavy atom. The zero-order valence-corrected chi connectivity index (χ0v) is 11.6. The van der Waals surface area contributed by atoms with Crippen molar-refractivity contribution in [3.8, 4) is 0 Å². The van der Waals surface area contributed by atoms with Gasteiger partial charge in [-0.05, 0) is 26.4 Å². The number of aromatic nitrogens is 2. The smallest absolute Gasteiger partial charge is 0.0641 e. The molecule has 0 saturated carbocycles. The van der Waals surface area contributed by atoms with E-state index in [0.717, 1.165) is 18.8 Å². The van der Waals surface area contributed by atoms with Gasteiger partial charge in [-0.15, -0.1) is 0 Å². The van der Waals surface area contributed by atoms with Crippen LogP contribution in [0.15, 0.2) is 6.20 Å². The van der Waals surface area contributed by atoms with Crippen molar-refractivity contribution in [2.24, 2.45) is 12.8 Å². The molecule has 2 N–H and O–H groups in total. The van der Waals surface area contributed by atoms with Crippen LogP contribution in [-0.4, -0.2) is 34.3 Å². The molecular formula is C13H26N4. The van der Waals surface area contributed by atoms with Crippen LogP contribution < -0.4 is 5.73 Å². The first-order valence-corrected chi connectivity index (χ1v) is 6.58. The standard InChI is InChI=1S/C13H26N4/c1-5-7-8-17(6-2)13(9-14)12-10-16(4)15-11(12)3/h10,13H,5-9,14H2,1-4H3. The molecule has 0 aromatic carbocycles. The van der Waals surface area contributed by atoms with E-state index < -0.39 is 0 Å². The largest absolute Gasteiger partial charge is 0.329 e. The number of nitrogens with zero attached hydrogens (tertiary/aromatic N) is 3. The number of likely N-dealkylation sites (N-methyl/N-ethyl adjacent to an activating group) is 1. The Bertz CT molecular complexity index is 332. The van der Waals surface area contributed by atoms with Crippen molar-refractivity contribution in [3.05, 3.63) is 17.5 Å². The molecule has 0 fully saturated rings. The molecule has 1 aromatic heterocycles. The maximum absolute atomic E-state index is 5.95. The fourth-order valence-corrected chi connectivity index (χ4v) is 2.31. The minimum Gasteiger partial charge on any atom is -0.329 e. The summed E-state index contributed by atoms with van der Waals surface area (Å²) >= 11 is 0. The molecule has 0 aliphatic heterocycles. The summed E-state index contributed by atoms with van der Waals surface area (Å²) in [4.78, 5) is 2.45. The van der Waals surface area contributed by atoms with Crippen molar-refractivity contribution >= 4 is 0 Å². The Hall–Kier alpha value is -0.870. The molecule has 0 radical (unpaired) electrons. The Morgan fingerprint density at radius 1 is 1.47 bits per heavy atom. The van der Waals surface area contributed by atoms with Crippen LogP contribution in [0.3, 0.4) is 0 Å². The summed E-state index contributed by atoms with van der Waals surface area (Å²) in [7, 11) is 1.96. The van der Waals surface area contributed by atoms with Crippen LogP contribution in [0.25, 0.3) is 0 Å². The summed E-state index contributed by atoms with van der Waals surface area (Å²) in [5, 5.41) is 4.41. The van der Waals surface area contributed by atoms with Gasteiger partial charge >= 0.3 is 0 Å². The summed E-state index contributed by atoms with van der Waals surface area (Å²) in [6.45, 7) is 9.29. The molecule has 1 unspecified atom stereocenters. The van der Waals surface area contributed by atoms with Crippen LogP contribution in [0.4, 0.5) is 0 Å². The van der Waals surface area contributed by atoms with Gasteiger partial charge in [-0.2, -0.15) is 5.10 Å². The van der Waals surface area contributed by atoms with Gasteiger partial charge in [0.25, 0.3) is 0 Å². The highest BCUT2D eigenvalue weighted by atomic mass is 15.3. The van der Waals surface area contributed by atoms with Crippen LogP contribution in [0, 0.1) is 6.92 Å². The first-order chi connectivity index (χ1) is 8.13. The fraction of sp³-hybridized carbons (Fsp3) is 0.769. The predicted molar refractivity (Wildman–Crippen MR) is 71.9 cm³/mol. The van der Waals surface area contributed by atoms with E-state index in [-0.39, 0.29) is 0 Å². The lowest BCUT2D eigenvalue weighted by atomic mass is 10.1. The second-order valence-corrected chi connectivity index (χ2v) is 4.58. The van der Waals surface area contributed by atoms with Crippen LogP contribution in [0.1, 0.15) is 44.0 Å². The monoisotopic (exact) mass is 238 g/mol. The van der Waals surface area contributed by atoms with E-state index in [0.29, 0.717) is 12.6 Å². The normalized spacial score (nSPS) is 13.3. The van der Waals surface area contributed by atoms with Gasteiger partial charge in [0.05, 0.1) is 11.7 Å². The van der Waals surface area contributed by atoms with E-state index in [1.54, 1.807) is 0 Å². The van der Waals surface area contributed by atoms with E-state index in [9.17, 15) is 0 Å². The topological polar surface area (TPSA) is 47.1 Å². The molecule has 0 bridgehead atoms. The highest BCUT2D eigenvalue weighted by molar-refractivity contribution is 5.20. The molecule has 0 spiro atoms. The van der Waals surface area contributed by atoms with E-state index in [4.69, 9.17) is 5.73 Å². The number of rotatable bonds is 7. The SMILES string of the molecule is CCCCN(CC)C(CN)c1cn(C)nc1C. The maximum atomic E-state index is 5.95. The van der Waals surface area contributed by atoms with Gasteiger partial charge in [0.15, 0.2) is 0 Å². The van der Waals surface area contributed by atoms with Crippen molar-refractivity contribution in [2.45, 2.75) is 39.7 Å². The molecule has 4 nitrogen and oxygen atoms in total. The molecule has 4 heteroatoms. The van der Waals surface area contributed by atoms with E-state index in [1.165, 1.54) is 18.4 Å². The molecule has 0 aliphatic carbocycles. The van der Waals surface area contributed by atoms with Crippen molar-refractivity contribution < 1.29 is 0 Å². The van der Waals surface area contributed by atoms with Gasteiger partial charge in [-0.1, -0.05) is 20.3 Å². The Morgan fingerprint density at radius 3 is 2.59 bits per heavy atom. The summed E-state index contributed by atoms with van der Waals surface area (Å²) < 4.78 is 1.88. The fourth-order valence-electron chi connectivity index (χ4n) is 2.31. The molecule has 1 aromatic rings. The molecule has 98 valence electrons. The predicted octanol–water partition coefficient (Wildman–Crippen LogP) is 1.85. The third-order valence-electron chi connectivity index (χ3n) is 3.28. The highest BCUT2D eigenvalue weighted by Gasteiger charge is 2.20. The molecule has 17 heavy (non-hydrogen) atoms. The third-order valence-corrected chi connectivity index (χ3v) is 3.28. The first kappa shape index (κ1) is 14.2. The molecule has 0 amide bonds. The number of aryl methyl sites for hydroxylation is 2. The molecule has 0 saturated heterocycles. The van der Waals surface area contributed by atoms with Gasteiger partial charge in [-0.3, -0.25) is 9.58 Å². The lowest BCUT2D eigenvalue weighted by Crippen LogP contribution is -2.34. The van der Waals surface area contributed by atoms with Crippen LogP contribution >= 0.6 is 0 Å². The minimum atomic E-state index is 0.306. The number of nitrogens with two attached hydrogens (primary N) is 1. The van der Waals surface area contributed by atoms with E-state index in [1.807, 2.05) is 11.7 Å². The second-order valence-electron chi connectivity index (χ2n) is 4.58. The Balaban J connectivity index is 2.84. The van der Waals surface area contributed by atoms with Gasteiger partial charge < -0.3 is 5.73 Å². The highest BCUT2D eigenvalue weighted by Crippen LogP contribution is 2.22. The lowest BCUT2D eigenvalue weighted by molar-refractivity contribution is 0.208. The first-order valence-electron chi connectivity index (χ1n) is 6.58. The molecule has 1 rings (SSSR count). The minimum absolute atomic E-state index is 0.306. The van der Waals surface area contributed by atoms with Crippen molar-refractivity contribution in [1.82, 2.24) is 14.7 Å². The number of hydrogen-bond donors (Lipinski definition) is 1. The van der Waals surface area contributed by atoms with Gasteiger partial charge in [0.1, 0.15) is 0 Å². The van der Waals surface area contributed by atoms with Crippen LogP contribution in [0.2, 0.25) is 0 Å². The summed E-state index contributed by atoms with van der Waals surface area (Å²) in [5.41, 5.74) is 8.32. The third kappa shape index (κ3) is 3.54. The quantitative estimate of drug-likeness (QED) is 0.788. The van der Waals surface area contributed by atoms with E-state index >= 15 is 0 Å². The lowest BCUT2D eigenvalue weighted by Gasteiger charge is -2.29. The zero-order valence-electron chi connectivity index (χ0n) is 11.6. The zero-order chi connectivity index (χ0) is 12.8. The van der Waals surface area contributed by atoms with Crippen molar-refractivity contribution in [1.29, 1.82) is 0 Å². The summed E-state index contributed by atoms with van der Waals surface area (Å²) in [6, 6.07) is 0.306.